The Morgan fingerprint density at radius 3 is 2.39 bits per heavy atom. The van der Waals surface area contributed by atoms with E-state index >= 15 is 0 Å². The van der Waals surface area contributed by atoms with Crippen LogP contribution in [-0.4, -0.2) is 16.0 Å². The van der Waals surface area contributed by atoms with Crippen LogP contribution < -0.4 is 10.6 Å². The molecule has 2 aromatic rings. The van der Waals surface area contributed by atoms with Gasteiger partial charge in [-0.3, -0.25) is 0 Å². The molecule has 1 saturated carbocycles. The number of aryl methyl sites for hydroxylation is 2. The zero-order chi connectivity index (χ0) is 16.1. The van der Waals surface area contributed by atoms with Crippen LogP contribution in [-0.2, 0) is 12.8 Å². The van der Waals surface area contributed by atoms with E-state index in [0.29, 0.717) is 12.0 Å². The molecule has 4 nitrogen and oxygen atoms in total. The molecule has 1 aliphatic rings. The van der Waals surface area contributed by atoms with Gasteiger partial charge in [-0.25, -0.2) is 4.98 Å². The predicted molar refractivity (Wildman–Crippen MR) is 96.4 cm³/mol. The van der Waals surface area contributed by atoms with E-state index in [1.807, 2.05) is 12.3 Å². The summed E-state index contributed by atoms with van der Waals surface area (Å²) in [7, 11) is 0. The van der Waals surface area contributed by atoms with Crippen LogP contribution in [0, 0.1) is 0 Å². The Hall–Kier alpha value is -2.10. The molecule has 0 unspecified atom stereocenters. The van der Waals surface area contributed by atoms with Gasteiger partial charge in [0.2, 0.25) is 5.95 Å². The molecular formula is C19H26N4. The zero-order valence-corrected chi connectivity index (χ0v) is 14.1. The summed E-state index contributed by atoms with van der Waals surface area (Å²) < 4.78 is 0. The Bertz CT molecular complexity index is 625. The molecule has 0 saturated heterocycles. The summed E-state index contributed by atoms with van der Waals surface area (Å²) in [4.78, 5) is 9.05. The lowest BCUT2D eigenvalue weighted by Gasteiger charge is -2.16. The quantitative estimate of drug-likeness (QED) is 0.812. The maximum Gasteiger partial charge on any atom is 0.229 e. The first-order valence-corrected chi connectivity index (χ1v) is 8.77. The minimum Gasteiger partial charge on any atom is -0.367 e. The van der Waals surface area contributed by atoms with Gasteiger partial charge in [-0.15, -0.1) is 0 Å². The second-order valence-corrected chi connectivity index (χ2v) is 6.17. The largest absolute Gasteiger partial charge is 0.367 e. The van der Waals surface area contributed by atoms with Gasteiger partial charge >= 0.3 is 0 Å². The molecule has 0 bridgehead atoms. The lowest BCUT2D eigenvalue weighted by molar-refractivity contribution is 0.750. The fourth-order valence-electron chi connectivity index (χ4n) is 3.29. The number of aromatic nitrogens is 2. The Kier molecular flexibility index (Phi) is 5.11. The highest BCUT2D eigenvalue weighted by Gasteiger charge is 2.15. The number of para-hydroxylation sites is 1. The number of rotatable bonds is 6. The smallest absolute Gasteiger partial charge is 0.229 e. The SMILES string of the molecule is CCc1cccc(CC)c1Nc1nccc(NC2CCCC2)n1. The van der Waals surface area contributed by atoms with Crippen molar-refractivity contribution in [2.45, 2.75) is 58.4 Å². The second-order valence-electron chi connectivity index (χ2n) is 6.17. The Morgan fingerprint density at radius 1 is 1.04 bits per heavy atom. The van der Waals surface area contributed by atoms with Gasteiger partial charge in [-0.05, 0) is 42.9 Å². The third-order valence-corrected chi connectivity index (χ3v) is 4.60. The highest BCUT2D eigenvalue weighted by atomic mass is 15.1. The van der Waals surface area contributed by atoms with Crippen LogP contribution >= 0.6 is 0 Å². The van der Waals surface area contributed by atoms with Gasteiger partial charge in [-0.1, -0.05) is 44.9 Å². The first-order valence-electron chi connectivity index (χ1n) is 8.77. The Morgan fingerprint density at radius 2 is 1.74 bits per heavy atom. The molecule has 4 heteroatoms. The molecule has 1 aromatic heterocycles. The molecule has 0 radical (unpaired) electrons. The van der Waals surface area contributed by atoms with Gasteiger partial charge in [0.25, 0.3) is 0 Å². The lowest BCUT2D eigenvalue weighted by Crippen LogP contribution is -2.16. The maximum absolute atomic E-state index is 4.65. The minimum atomic E-state index is 0.562. The highest BCUT2D eigenvalue weighted by molar-refractivity contribution is 5.64. The van der Waals surface area contributed by atoms with Crippen LogP contribution in [0.5, 0.6) is 0 Å². The molecule has 0 spiro atoms. The predicted octanol–water partition coefficient (Wildman–Crippen LogP) is 4.70. The molecule has 23 heavy (non-hydrogen) atoms. The van der Waals surface area contributed by atoms with Gasteiger partial charge in [0.15, 0.2) is 0 Å². The van der Waals surface area contributed by atoms with Crippen molar-refractivity contribution in [3.63, 3.8) is 0 Å². The molecular weight excluding hydrogens is 284 g/mol. The van der Waals surface area contributed by atoms with Gasteiger partial charge in [0, 0.05) is 17.9 Å². The summed E-state index contributed by atoms with van der Waals surface area (Å²) in [6.07, 6.45) is 8.94. The average Bonchev–Trinajstić information content (AvgIpc) is 3.08. The zero-order valence-electron chi connectivity index (χ0n) is 14.1. The van der Waals surface area contributed by atoms with Gasteiger partial charge in [0.1, 0.15) is 5.82 Å². The summed E-state index contributed by atoms with van der Waals surface area (Å²) in [6.45, 7) is 4.36. The molecule has 0 amide bonds. The van der Waals surface area contributed by atoms with E-state index in [1.165, 1.54) is 36.8 Å². The summed E-state index contributed by atoms with van der Waals surface area (Å²) >= 11 is 0. The summed E-state index contributed by atoms with van der Waals surface area (Å²) in [5, 5.41) is 6.98. The van der Waals surface area contributed by atoms with Gasteiger partial charge in [0.05, 0.1) is 0 Å². The molecule has 1 fully saturated rings. The van der Waals surface area contributed by atoms with Crippen molar-refractivity contribution in [3.05, 3.63) is 41.6 Å². The van der Waals surface area contributed by atoms with Crippen molar-refractivity contribution >= 4 is 17.5 Å². The van der Waals surface area contributed by atoms with E-state index in [1.54, 1.807) is 0 Å². The van der Waals surface area contributed by atoms with Crippen LogP contribution in [0.25, 0.3) is 0 Å². The van der Waals surface area contributed by atoms with E-state index < -0.39 is 0 Å². The number of benzene rings is 1. The number of nitrogens with one attached hydrogen (secondary N) is 2. The van der Waals surface area contributed by atoms with E-state index in [9.17, 15) is 0 Å². The fourth-order valence-corrected chi connectivity index (χ4v) is 3.29. The van der Waals surface area contributed by atoms with Crippen molar-refractivity contribution < 1.29 is 0 Å². The van der Waals surface area contributed by atoms with Crippen LogP contribution in [0.4, 0.5) is 17.5 Å². The van der Waals surface area contributed by atoms with Gasteiger partial charge in [-0.2, -0.15) is 4.98 Å². The highest BCUT2D eigenvalue weighted by Crippen LogP contribution is 2.26. The first kappa shape index (κ1) is 15.8. The number of hydrogen-bond donors (Lipinski definition) is 2. The molecule has 0 atom stereocenters. The minimum absolute atomic E-state index is 0.562. The molecule has 1 aliphatic carbocycles. The number of hydrogen-bond acceptors (Lipinski definition) is 4. The van der Waals surface area contributed by atoms with Crippen LogP contribution in [0.3, 0.4) is 0 Å². The third-order valence-electron chi connectivity index (χ3n) is 4.60. The molecule has 2 N–H and O–H groups in total. The molecule has 3 rings (SSSR count). The van der Waals surface area contributed by atoms with E-state index in [-0.39, 0.29) is 0 Å². The van der Waals surface area contributed by atoms with Crippen molar-refractivity contribution in [1.82, 2.24) is 9.97 Å². The first-order chi connectivity index (χ1) is 11.3. The average molecular weight is 310 g/mol. The lowest BCUT2D eigenvalue weighted by atomic mass is 10.0. The molecule has 1 aromatic carbocycles. The van der Waals surface area contributed by atoms with Crippen molar-refractivity contribution in [3.8, 4) is 0 Å². The maximum atomic E-state index is 4.65. The standard InChI is InChI=1S/C19H26N4/c1-3-14-8-7-9-15(4-2)18(14)23-19-20-13-12-17(22-19)21-16-10-5-6-11-16/h7-9,12-13,16H,3-6,10-11H2,1-2H3,(H2,20,21,22,23). The van der Waals surface area contributed by atoms with Crippen LogP contribution in [0.1, 0.15) is 50.7 Å². The van der Waals surface area contributed by atoms with Crippen molar-refractivity contribution in [2.75, 3.05) is 10.6 Å². The van der Waals surface area contributed by atoms with E-state index in [0.717, 1.165) is 24.3 Å². The monoisotopic (exact) mass is 310 g/mol. The Labute approximate surface area is 138 Å². The normalized spacial score (nSPS) is 14.9. The van der Waals surface area contributed by atoms with Gasteiger partial charge < -0.3 is 10.6 Å². The number of nitrogens with zero attached hydrogens (tertiary/aromatic N) is 2. The van der Waals surface area contributed by atoms with Crippen molar-refractivity contribution in [2.24, 2.45) is 0 Å². The third kappa shape index (κ3) is 3.81. The number of anilines is 3. The summed E-state index contributed by atoms with van der Waals surface area (Å²) in [6, 6.07) is 8.98. The van der Waals surface area contributed by atoms with Crippen molar-refractivity contribution in [1.29, 1.82) is 0 Å². The second kappa shape index (κ2) is 7.44. The summed E-state index contributed by atoms with van der Waals surface area (Å²) in [5.41, 5.74) is 3.78. The topological polar surface area (TPSA) is 49.8 Å². The molecule has 0 aliphatic heterocycles. The Balaban J connectivity index is 1.80. The molecule has 1 heterocycles. The summed E-state index contributed by atoms with van der Waals surface area (Å²) in [5.74, 6) is 1.59. The van der Waals surface area contributed by atoms with Crippen LogP contribution in [0.2, 0.25) is 0 Å². The van der Waals surface area contributed by atoms with E-state index in [2.05, 4.69) is 52.6 Å². The van der Waals surface area contributed by atoms with E-state index in [4.69, 9.17) is 0 Å². The fraction of sp³-hybridized carbons (Fsp3) is 0.474. The van der Waals surface area contributed by atoms with Crippen LogP contribution in [0.15, 0.2) is 30.5 Å². The molecule has 122 valence electrons.